The molecule has 0 unspecified atom stereocenters. The molecule has 0 aliphatic heterocycles. The van der Waals surface area contributed by atoms with Crippen molar-refractivity contribution in [1.29, 1.82) is 0 Å². The van der Waals surface area contributed by atoms with Gasteiger partial charge in [0.15, 0.2) is 11.6 Å². The van der Waals surface area contributed by atoms with E-state index in [0.717, 1.165) is 23.5 Å². The summed E-state index contributed by atoms with van der Waals surface area (Å²) >= 11 is 0. The highest BCUT2D eigenvalue weighted by Gasteiger charge is 2.23. The predicted molar refractivity (Wildman–Crippen MR) is 130 cm³/mol. The van der Waals surface area contributed by atoms with Crippen LogP contribution in [-0.2, 0) is 10.2 Å². The molecule has 0 radical (unpaired) electrons. The molecule has 0 saturated carbocycles. The van der Waals surface area contributed by atoms with Gasteiger partial charge in [0.25, 0.3) is 0 Å². The van der Waals surface area contributed by atoms with Crippen LogP contribution in [-0.4, -0.2) is 46.8 Å². The lowest BCUT2D eigenvalue weighted by Crippen LogP contribution is -2.40. The van der Waals surface area contributed by atoms with E-state index < -0.39 is 23.6 Å². The molecule has 3 aromatic rings. The van der Waals surface area contributed by atoms with E-state index in [0.29, 0.717) is 11.6 Å². The maximum Gasteiger partial charge on any atom is 0.322 e. The number of amides is 3. The molecule has 0 saturated heterocycles. The summed E-state index contributed by atoms with van der Waals surface area (Å²) in [4.78, 5) is 26.7. The van der Waals surface area contributed by atoms with E-state index in [4.69, 9.17) is 4.74 Å². The maximum absolute atomic E-state index is 13.5. The van der Waals surface area contributed by atoms with E-state index in [1.807, 2.05) is 32.9 Å². The molecular formula is C25H29F2N5O3. The summed E-state index contributed by atoms with van der Waals surface area (Å²) in [5.41, 5.74) is 1.31. The van der Waals surface area contributed by atoms with Gasteiger partial charge in [-0.3, -0.25) is 4.79 Å². The third-order valence-electron chi connectivity index (χ3n) is 5.24. The second-order valence-electron chi connectivity index (χ2n) is 8.90. The van der Waals surface area contributed by atoms with Crippen LogP contribution in [0, 0.1) is 11.6 Å². The van der Waals surface area contributed by atoms with Gasteiger partial charge in [-0.05, 0) is 43.3 Å². The standard InChI is InChI=1S/C25H29F2N5O3/c1-6-31(24(34)28-16-7-12-19(26)20(27)13-16)15-23(33)29-22-14-21(25(2,3)4)30-32(22)17-8-10-18(35-5)11-9-17/h7-14H,6,15H2,1-5H3,(H,28,34)(H,29,33). The molecule has 1 aromatic heterocycles. The zero-order chi connectivity index (χ0) is 25.8. The van der Waals surface area contributed by atoms with Crippen LogP contribution in [0.5, 0.6) is 5.75 Å². The zero-order valence-corrected chi connectivity index (χ0v) is 20.4. The number of hydrogen-bond acceptors (Lipinski definition) is 4. The first-order chi connectivity index (χ1) is 16.5. The number of carbonyl (C=O) groups excluding carboxylic acids is 2. The van der Waals surface area contributed by atoms with Crippen LogP contribution in [0.25, 0.3) is 5.69 Å². The SMILES string of the molecule is CCN(CC(=O)Nc1cc(C(C)(C)C)nn1-c1ccc(OC)cc1)C(=O)Nc1ccc(F)c(F)c1. The van der Waals surface area contributed by atoms with Crippen molar-refractivity contribution >= 4 is 23.4 Å². The molecule has 0 aliphatic carbocycles. The molecule has 186 valence electrons. The number of benzene rings is 2. The van der Waals surface area contributed by atoms with Crippen molar-refractivity contribution in [2.75, 3.05) is 30.8 Å². The largest absolute Gasteiger partial charge is 0.497 e. The minimum Gasteiger partial charge on any atom is -0.497 e. The highest BCUT2D eigenvalue weighted by molar-refractivity contribution is 5.96. The van der Waals surface area contributed by atoms with Crippen LogP contribution in [0.15, 0.2) is 48.5 Å². The van der Waals surface area contributed by atoms with Crippen molar-refractivity contribution < 1.29 is 23.1 Å². The number of rotatable bonds is 7. The molecule has 35 heavy (non-hydrogen) atoms. The Kier molecular flexibility index (Phi) is 7.73. The zero-order valence-electron chi connectivity index (χ0n) is 20.4. The molecule has 0 aliphatic rings. The van der Waals surface area contributed by atoms with E-state index in [1.165, 1.54) is 11.0 Å². The first-order valence-corrected chi connectivity index (χ1v) is 11.1. The molecule has 0 spiro atoms. The Labute approximate surface area is 202 Å². The van der Waals surface area contributed by atoms with Gasteiger partial charge in [0.05, 0.1) is 18.5 Å². The molecule has 0 atom stereocenters. The van der Waals surface area contributed by atoms with Crippen LogP contribution in [0.2, 0.25) is 0 Å². The summed E-state index contributed by atoms with van der Waals surface area (Å²) in [7, 11) is 1.58. The van der Waals surface area contributed by atoms with Gasteiger partial charge in [0.2, 0.25) is 5.91 Å². The number of urea groups is 1. The van der Waals surface area contributed by atoms with Gasteiger partial charge >= 0.3 is 6.03 Å². The van der Waals surface area contributed by atoms with Gasteiger partial charge in [-0.25, -0.2) is 18.3 Å². The molecular weight excluding hydrogens is 456 g/mol. The van der Waals surface area contributed by atoms with Crippen molar-refractivity contribution in [3.63, 3.8) is 0 Å². The minimum absolute atomic E-state index is 0.0835. The van der Waals surface area contributed by atoms with E-state index in [9.17, 15) is 18.4 Å². The monoisotopic (exact) mass is 485 g/mol. The Hall–Kier alpha value is -3.95. The Bertz CT molecular complexity index is 1200. The van der Waals surface area contributed by atoms with Gasteiger partial charge in [0.1, 0.15) is 18.1 Å². The molecule has 3 amide bonds. The summed E-state index contributed by atoms with van der Waals surface area (Å²) in [6.07, 6.45) is 0. The first-order valence-electron chi connectivity index (χ1n) is 11.1. The Morgan fingerprint density at radius 3 is 2.29 bits per heavy atom. The lowest BCUT2D eigenvalue weighted by molar-refractivity contribution is -0.116. The summed E-state index contributed by atoms with van der Waals surface area (Å²) < 4.78 is 33.4. The smallest absolute Gasteiger partial charge is 0.322 e. The fourth-order valence-corrected chi connectivity index (χ4v) is 3.22. The molecule has 0 fully saturated rings. The van der Waals surface area contributed by atoms with E-state index in [-0.39, 0.29) is 24.2 Å². The number of likely N-dealkylation sites (N-methyl/N-ethyl adjacent to an activating group) is 1. The summed E-state index contributed by atoms with van der Waals surface area (Å²) in [6.45, 7) is 7.71. The number of nitrogens with zero attached hydrogens (tertiary/aromatic N) is 3. The van der Waals surface area contributed by atoms with Crippen LogP contribution in [0.3, 0.4) is 0 Å². The third-order valence-corrected chi connectivity index (χ3v) is 5.24. The van der Waals surface area contributed by atoms with Crippen LogP contribution < -0.4 is 15.4 Å². The normalized spacial score (nSPS) is 11.2. The summed E-state index contributed by atoms with van der Waals surface area (Å²) in [5.74, 6) is -1.40. The fourth-order valence-electron chi connectivity index (χ4n) is 3.22. The number of nitrogens with one attached hydrogen (secondary N) is 2. The number of hydrogen-bond donors (Lipinski definition) is 2. The summed E-state index contributed by atoms with van der Waals surface area (Å²) in [6, 6.07) is 11.4. The quantitative estimate of drug-likeness (QED) is 0.496. The van der Waals surface area contributed by atoms with E-state index in [1.54, 1.807) is 36.9 Å². The molecule has 3 rings (SSSR count). The van der Waals surface area contributed by atoms with Crippen molar-refractivity contribution in [3.8, 4) is 11.4 Å². The van der Waals surface area contributed by atoms with Crippen LogP contribution in [0.4, 0.5) is 25.1 Å². The lowest BCUT2D eigenvalue weighted by Gasteiger charge is -2.21. The molecule has 10 heteroatoms. The average molecular weight is 486 g/mol. The van der Waals surface area contributed by atoms with E-state index in [2.05, 4.69) is 15.7 Å². The topological polar surface area (TPSA) is 88.5 Å². The third kappa shape index (κ3) is 6.34. The second-order valence-corrected chi connectivity index (χ2v) is 8.90. The molecule has 2 N–H and O–H groups in total. The second kappa shape index (κ2) is 10.5. The van der Waals surface area contributed by atoms with Crippen molar-refractivity contribution in [1.82, 2.24) is 14.7 Å². The van der Waals surface area contributed by atoms with Crippen molar-refractivity contribution in [2.24, 2.45) is 0 Å². The lowest BCUT2D eigenvalue weighted by atomic mass is 9.92. The maximum atomic E-state index is 13.5. The summed E-state index contributed by atoms with van der Waals surface area (Å²) in [5, 5.41) is 9.97. The average Bonchev–Trinajstić information content (AvgIpc) is 3.24. The number of carbonyl (C=O) groups is 2. The molecule has 8 nitrogen and oxygen atoms in total. The van der Waals surface area contributed by atoms with Crippen molar-refractivity contribution in [2.45, 2.75) is 33.1 Å². The highest BCUT2D eigenvalue weighted by atomic mass is 19.2. The number of methoxy groups -OCH3 is 1. The van der Waals surface area contributed by atoms with Gasteiger partial charge < -0.3 is 20.3 Å². The minimum atomic E-state index is -1.08. The van der Waals surface area contributed by atoms with Gasteiger partial charge in [-0.1, -0.05) is 20.8 Å². The number of ether oxygens (including phenoxy) is 1. The number of anilines is 2. The highest BCUT2D eigenvalue weighted by Crippen LogP contribution is 2.27. The van der Waals surface area contributed by atoms with Crippen LogP contribution >= 0.6 is 0 Å². The Morgan fingerprint density at radius 2 is 1.71 bits per heavy atom. The van der Waals surface area contributed by atoms with Crippen LogP contribution in [0.1, 0.15) is 33.4 Å². The molecule has 2 aromatic carbocycles. The van der Waals surface area contributed by atoms with Gasteiger partial charge in [-0.15, -0.1) is 0 Å². The van der Waals surface area contributed by atoms with E-state index >= 15 is 0 Å². The molecule has 1 heterocycles. The van der Waals surface area contributed by atoms with Gasteiger partial charge in [-0.2, -0.15) is 5.10 Å². The molecule has 0 bridgehead atoms. The Morgan fingerprint density at radius 1 is 1.03 bits per heavy atom. The first kappa shape index (κ1) is 25.7. The fraction of sp³-hybridized carbons (Fsp3) is 0.320. The van der Waals surface area contributed by atoms with Crippen molar-refractivity contribution in [3.05, 3.63) is 65.9 Å². The Balaban J connectivity index is 1.77. The number of halogens is 2. The predicted octanol–water partition coefficient (Wildman–Crippen LogP) is 4.95. The number of aromatic nitrogens is 2. The van der Waals surface area contributed by atoms with Gasteiger partial charge in [0, 0.05) is 29.8 Å².